The average molecular weight is 433 g/mol. The summed E-state index contributed by atoms with van der Waals surface area (Å²) in [6.45, 7) is -0.783. The fourth-order valence-electron chi connectivity index (χ4n) is 3.60. The summed E-state index contributed by atoms with van der Waals surface area (Å²) in [6, 6.07) is 17.5. The first kappa shape index (κ1) is 19.8. The van der Waals surface area contributed by atoms with Gasteiger partial charge in [-0.1, -0.05) is 30.3 Å². The molecule has 3 heterocycles. The van der Waals surface area contributed by atoms with Crippen molar-refractivity contribution in [1.29, 1.82) is 0 Å². The zero-order valence-corrected chi connectivity index (χ0v) is 16.9. The third-order valence-electron chi connectivity index (χ3n) is 4.97. The maximum absolute atomic E-state index is 13.6. The van der Waals surface area contributed by atoms with E-state index in [1.165, 1.54) is 10.7 Å². The van der Waals surface area contributed by atoms with E-state index < -0.39 is 13.0 Å². The van der Waals surface area contributed by atoms with E-state index >= 15 is 0 Å². The number of hydrogen-bond donors (Lipinski definition) is 0. The first-order chi connectivity index (χ1) is 15.5. The highest BCUT2D eigenvalue weighted by Crippen LogP contribution is 2.26. The molecule has 7 nitrogen and oxygen atoms in total. The van der Waals surface area contributed by atoms with Gasteiger partial charge in [-0.05, 0) is 29.8 Å². The molecule has 9 heteroatoms. The number of aromatic nitrogens is 5. The van der Waals surface area contributed by atoms with Crippen LogP contribution in [0.4, 0.5) is 8.78 Å². The van der Waals surface area contributed by atoms with Gasteiger partial charge >= 0.3 is 0 Å². The third kappa shape index (κ3) is 3.58. The van der Waals surface area contributed by atoms with Gasteiger partial charge in [-0.15, -0.1) is 0 Å². The number of alkyl halides is 2. The molecule has 0 N–H and O–H groups in total. The van der Waals surface area contributed by atoms with Gasteiger partial charge < -0.3 is 4.74 Å². The lowest BCUT2D eigenvalue weighted by Gasteiger charge is -2.12. The molecule has 0 amide bonds. The van der Waals surface area contributed by atoms with Crippen LogP contribution >= 0.6 is 0 Å². The van der Waals surface area contributed by atoms with Crippen molar-refractivity contribution in [3.63, 3.8) is 0 Å². The fourth-order valence-corrected chi connectivity index (χ4v) is 3.60. The van der Waals surface area contributed by atoms with E-state index in [9.17, 15) is 13.6 Å². The molecule has 3 aromatic heterocycles. The smallest absolute Gasteiger partial charge is 0.281 e. The SMILES string of the molecule is Cn1cc2cc(-n3nc4ccc(OCC(F)F)nc4c(-c4ccccc4)c3=O)ccc2n1. The van der Waals surface area contributed by atoms with Gasteiger partial charge in [0.1, 0.15) is 11.0 Å². The fraction of sp³-hybridized carbons (Fsp3) is 0.130. The highest BCUT2D eigenvalue weighted by atomic mass is 19.3. The third-order valence-corrected chi connectivity index (χ3v) is 4.97. The summed E-state index contributed by atoms with van der Waals surface area (Å²) in [7, 11) is 1.83. The molecule has 0 radical (unpaired) electrons. The molecular formula is C23H17F2N5O2. The lowest BCUT2D eigenvalue weighted by atomic mass is 10.1. The second-order valence-electron chi connectivity index (χ2n) is 7.22. The van der Waals surface area contributed by atoms with E-state index in [4.69, 9.17) is 4.74 Å². The van der Waals surface area contributed by atoms with Crippen molar-refractivity contribution in [2.45, 2.75) is 6.43 Å². The molecule has 32 heavy (non-hydrogen) atoms. The Morgan fingerprint density at radius 3 is 2.56 bits per heavy atom. The number of nitrogens with zero attached hydrogens (tertiary/aromatic N) is 5. The largest absolute Gasteiger partial charge is 0.472 e. The number of halogens is 2. The number of benzene rings is 2. The molecule has 160 valence electrons. The molecule has 0 saturated carbocycles. The summed E-state index contributed by atoms with van der Waals surface area (Å²) in [5.41, 5.74) is 2.66. The Morgan fingerprint density at radius 2 is 1.78 bits per heavy atom. The van der Waals surface area contributed by atoms with Crippen molar-refractivity contribution < 1.29 is 13.5 Å². The summed E-state index contributed by atoms with van der Waals surface area (Å²) in [6.07, 6.45) is -0.772. The Bertz CT molecular complexity index is 1500. The van der Waals surface area contributed by atoms with Crippen LogP contribution in [0, 0.1) is 0 Å². The minimum Gasteiger partial charge on any atom is -0.472 e. The molecule has 5 aromatic rings. The van der Waals surface area contributed by atoms with Gasteiger partial charge in [-0.3, -0.25) is 9.48 Å². The van der Waals surface area contributed by atoms with Crippen LogP contribution in [0.25, 0.3) is 38.8 Å². The number of aryl methyl sites for hydroxylation is 1. The zero-order chi connectivity index (χ0) is 22.2. The van der Waals surface area contributed by atoms with Crippen molar-refractivity contribution in [2.24, 2.45) is 7.05 Å². The highest BCUT2D eigenvalue weighted by Gasteiger charge is 2.17. The predicted octanol–water partition coefficient (Wildman–Crippen LogP) is 3.98. The molecule has 0 saturated heterocycles. The van der Waals surface area contributed by atoms with Crippen molar-refractivity contribution in [2.75, 3.05) is 6.61 Å². The maximum Gasteiger partial charge on any atom is 0.281 e. The molecule has 0 spiro atoms. The molecule has 0 fully saturated rings. The first-order valence-electron chi connectivity index (χ1n) is 9.84. The van der Waals surface area contributed by atoms with Crippen LogP contribution in [-0.2, 0) is 7.05 Å². The minimum atomic E-state index is -2.63. The summed E-state index contributed by atoms with van der Waals surface area (Å²) in [4.78, 5) is 17.9. The second kappa shape index (κ2) is 7.84. The topological polar surface area (TPSA) is 74.8 Å². The van der Waals surface area contributed by atoms with Crippen LogP contribution in [0.5, 0.6) is 5.88 Å². The number of pyridine rings is 1. The Balaban J connectivity index is 1.75. The predicted molar refractivity (Wildman–Crippen MR) is 116 cm³/mol. The van der Waals surface area contributed by atoms with Crippen LogP contribution in [0.2, 0.25) is 0 Å². The lowest BCUT2D eigenvalue weighted by Crippen LogP contribution is -2.23. The summed E-state index contributed by atoms with van der Waals surface area (Å²) in [5, 5.41) is 9.72. The highest BCUT2D eigenvalue weighted by molar-refractivity contribution is 5.91. The van der Waals surface area contributed by atoms with Gasteiger partial charge in [0.25, 0.3) is 12.0 Å². The molecule has 0 atom stereocenters. The van der Waals surface area contributed by atoms with Crippen molar-refractivity contribution >= 4 is 21.9 Å². The quantitative estimate of drug-likeness (QED) is 0.419. The van der Waals surface area contributed by atoms with E-state index in [0.717, 1.165) is 10.9 Å². The Hall–Kier alpha value is -4.14. The Morgan fingerprint density at radius 1 is 1.00 bits per heavy atom. The number of fused-ring (bicyclic) bond motifs is 2. The Kier molecular flexibility index (Phi) is 4.85. The van der Waals surface area contributed by atoms with Gasteiger partial charge in [-0.2, -0.15) is 14.9 Å². The molecular weight excluding hydrogens is 416 g/mol. The normalized spacial score (nSPS) is 11.5. The maximum atomic E-state index is 13.6. The first-order valence-corrected chi connectivity index (χ1v) is 9.84. The van der Waals surface area contributed by atoms with Crippen LogP contribution < -0.4 is 10.3 Å². The average Bonchev–Trinajstić information content (AvgIpc) is 3.17. The van der Waals surface area contributed by atoms with Gasteiger partial charge in [-0.25, -0.2) is 13.8 Å². The van der Waals surface area contributed by atoms with E-state index in [2.05, 4.69) is 15.2 Å². The summed E-state index contributed by atoms with van der Waals surface area (Å²) in [5.74, 6) is 0.00529. The van der Waals surface area contributed by atoms with E-state index in [1.54, 1.807) is 28.9 Å². The van der Waals surface area contributed by atoms with Gasteiger partial charge in [0.05, 0.1) is 16.8 Å². The van der Waals surface area contributed by atoms with Crippen LogP contribution in [0.15, 0.2) is 71.7 Å². The summed E-state index contributed by atoms with van der Waals surface area (Å²) < 4.78 is 33.2. The second-order valence-corrected chi connectivity index (χ2v) is 7.22. The van der Waals surface area contributed by atoms with Crippen LogP contribution in [0.3, 0.4) is 0 Å². The standard InChI is InChI=1S/C23H17F2N5O2/c1-29-12-15-11-16(7-8-17(15)27-29)30-23(31)21(14-5-3-2-4-6-14)22-18(28-30)9-10-20(26-22)32-13-19(24)25/h2-12,19H,13H2,1H3. The molecule has 0 aliphatic heterocycles. The van der Waals surface area contributed by atoms with Crippen LogP contribution in [-0.4, -0.2) is 37.6 Å². The monoisotopic (exact) mass is 433 g/mol. The van der Waals surface area contributed by atoms with Gasteiger partial charge in [0.2, 0.25) is 5.88 Å². The molecule has 2 aromatic carbocycles. The molecule has 0 aliphatic carbocycles. The molecule has 0 bridgehead atoms. The molecule has 5 rings (SSSR count). The van der Waals surface area contributed by atoms with Crippen molar-refractivity contribution in [1.82, 2.24) is 24.5 Å². The number of hydrogen-bond acceptors (Lipinski definition) is 5. The zero-order valence-electron chi connectivity index (χ0n) is 16.9. The van der Waals surface area contributed by atoms with E-state index in [-0.39, 0.29) is 17.0 Å². The van der Waals surface area contributed by atoms with Gasteiger partial charge in [0, 0.05) is 24.7 Å². The van der Waals surface area contributed by atoms with Gasteiger partial charge in [0.15, 0.2) is 6.61 Å². The number of ether oxygens (including phenoxy) is 1. The Labute approximate surface area is 180 Å². The van der Waals surface area contributed by atoms with E-state index in [1.807, 2.05) is 43.6 Å². The van der Waals surface area contributed by atoms with E-state index in [0.29, 0.717) is 22.3 Å². The molecule has 0 unspecified atom stereocenters. The van der Waals surface area contributed by atoms with Crippen LogP contribution in [0.1, 0.15) is 0 Å². The number of rotatable bonds is 5. The minimum absolute atomic E-state index is 0.00529. The molecule has 0 aliphatic rings. The van der Waals surface area contributed by atoms with Crippen molar-refractivity contribution in [3.8, 4) is 22.7 Å². The summed E-state index contributed by atoms with van der Waals surface area (Å²) >= 11 is 0. The lowest BCUT2D eigenvalue weighted by molar-refractivity contribution is 0.0798. The van der Waals surface area contributed by atoms with Crippen molar-refractivity contribution in [3.05, 3.63) is 77.2 Å².